The first kappa shape index (κ1) is 13.5. The number of sulfonamides is 1. The molecule has 0 aromatic carbocycles. The number of aromatic nitrogens is 2. The van der Waals surface area contributed by atoms with Gasteiger partial charge >= 0.3 is 0 Å². The van der Waals surface area contributed by atoms with Crippen LogP contribution in [0.5, 0.6) is 0 Å². The Kier molecular flexibility index (Phi) is 4.04. The average Bonchev–Trinajstić information content (AvgIpc) is 2.77. The molecule has 0 bridgehead atoms. The molecule has 2 heterocycles. The van der Waals surface area contributed by atoms with Crippen LogP contribution in [0, 0.1) is 12.8 Å². The highest BCUT2D eigenvalue weighted by atomic mass is 32.2. The van der Waals surface area contributed by atoms with E-state index in [4.69, 9.17) is 0 Å². The minimum atomic E-state index is -3.48. The van der Waals surface area contributed by atoms with Crippen LogP contribution in [0.2, 0.25) is 0 Å². The Balaban J connectivity index is 2.03. The molecule has 0 amide bonds. The molecule has 102 valence electrons. The van der Waals surface area contributed by atoms with Gasteiger partial charge in [-0.2, -0.15) is 0 Å². The minimum absolute atomic E-state index is 0.0774. The van der Waals surface area contributed by atoms with Gasteiger partial charge in [0.05, 0.1) is 6.20 Å². The van der Waals surface area contributed by atoms with E-state index >= 15 is 0 Å². The Hall–Kier alpha value is -0.920. The smallest absolute Gasteiger partial charge is 0.257 e. The van der Waals surface area contributed by atoms with E-state index in [2.05, 4.69) is 20.0 Å². The number of aromatic amines is 1. The van der Waals surface area contributed by atoms with Gasteiger partial charge in [-0.05, 0) is 45.7 Å². The molecule has 1 saturated heterocycles. The van der Waals surface area contributed by atoms with Crippen molar-refractivity contribution in [2.75, 3.05) is 13.1 Å². The largest absolute Gasteiger partial charge is 0.332 e. The summed E-state index contributed by atoms with van der Waals surface area (Å²) in [6.45, 7) is 5.54. The van der Waals surface area contributed by atoms with Crippen LogP contribution in [0.1, 0.15) is 25.6 Å². The summed E-state index contributed by atoms with van der Waals surface area (Å²) in [6, 6.07) is -0.0774. The Morgan fingerprint density at radius 2 is 2.33 bits per heavy atom. The molecule has 1 aliphatic heterocycles. The normalized spacial score (nSPS) is 22.9. The Morgan fingerprint density at radius 1 is 1.56 bits per heavy atom. The quantitative estimate of drug-likeness (QED) is 0.740. The van der Waals surface area contributed by atoms with Gasteiger partial charge < -0.3 is 10.3 Å². The predicted molar refractivity (Wildman–Crippen MR) is 68.7 cm³/mol. The topological polar surface area (TPSA) is 86.9 Å². The maximum atomic E-state index is 12.1. The lowest BCUT2D eigenvalue weighted by Gasteiger charge is -2.28. The molecule has 0 saturated carbocycles. The summed E-state index contributed by atoms with van der Waals surface area (Å²) in [5, 5.41) is 3.43. The van der Waals surface area contributed by atoms with E-state index in [1.165, 1.54) is 6.20 Å². The van der Waals surface area contributed by atoms with Crippen molar-refractivity contribution < 1.29 is 8.42 Å². The molecule has 1 fully saturated rings. The van der Waals surface area contributed by atoms with Gasteiger partial charge in [0.15, 0.2) is 5.03 Å². The van der Waals surface area contributed by atoms with Crippen molar-refractivity contribution in [3.63, 3.8) is 0 Å². The highest BCUT2D eigenvalue weighted by molar-refractivity contribution is 7.89. The van der Waals surface area contributed by atoms with Gasteiger partial charge in [-0.25, -0.2) is 18.1 Å². The molecule has 0 spiro atoms. The molecule has 18 heavy (non-hydrogen) atoms. The Labute approximate surface area is 108 Å². The SMILES string of the molecule is Cc1ncc(S(=O)(=O)NC(C)C2CCCNC2)[nH]1. The van der Waals surface area contributed by atoms with Crippen LogP contribution >= 0.6 is 0 Å². The van der Waals surface area contributed by atoms with Gasteiger partial charge in [-0.15, -0.1) is 0 Å². The van der Waals surface area contributed by atoms with Gasteiger partial charge in [0, 0.05) is 6.04 Å². The Morgan fingerprint density at radius 3 is 2.89 bits per heavy atom. The summed E-state index contributed by atoms with van der Waals surface area (Å²) >= 11 is 0. The number of nitrogens with one attached hydrogen (secondary N) is 3. The molecule has 2 rings (SSSR count). The summed E-state index contributed by atoms with van der Waals surface area (Å²) in [5.41, 5.74) is 0. The molecule has 0 aliphatic carbocycles. The first-order valence-electron chi connectivity index (χ1n) is 6.24. The highest BCUT2D eigenvalue weighted by Crippen LogP contribution is 2.16. The van der Waals surface area contributed by atoms with Crippen LogP contribution in [0.3, 0.4) is 0 Å². The maximum absolute atomic E-state index is 12.1. The van der Waals surface area contributed by atoms with Gasteiger partial charge in [-0.3, -0.25) is 0 Å². The van der Waals surface area contributed by atoms with Crippen molar-refractivity contribution in [3.05, 3.63) is 12.0 Å². The minimum Gasteiger partial charge on any atom is -0.332 e. The number of imidazole rings is 1. The van der Waals surface area contributed by atoms with E-state index in [1.54, 1.807) is 6.92 Å². The number of aryl methyl sites for hydroxylation is 1. The fourth-order valence-corrected chi connectivity index (χ4v) is 3.53. The summed E-state index contributed by atoms with van der Waals surface area (Å²) in [4.78, 5) is 6.66. The van der Waals surface area contributed by atoms with Gasteiger partial charge in [0.2, 0.25) is 0 Å². The zero-order valence-electron chi connectivity index (χ0n) is 10.7. The van der Waals surface area contributed by atoms with E-state index in [0.717, 1.165) is 25.9 Å². The fourth-order valence-electron chi connectivity index (χ4n) is 2.24. The molecule has 2 unspecified atom stereocenters. The fraction of sp³-hybridized carbons (Fsp3) is 0.727. The van der Waals surface area contributed by atoms with Crippen molar-refractivity contribution in [2.45, 2.75) is 37.8 Å². The zero-order chi connectivity index (χ0) is 13.2. The van der Waals surface area contributed by atoms with Crippen LogP contribution in [0.15, 0.2) is 11.2 Å². The standard InChI is InChI=1S/C11H20N4O2S/c1-8(10-4-3-5-12-6-10)15-18(16,17)11-7-13-9(2)14-11/h7-8,10,12,15H,3-6H2,1-2H3,(H,13,14). The third kappa shape index (κ3) is 3.09. The lowest BCUT2D eigenvalue weighted by Crippen LogP contribution is -2.44. The second-order valence-corrected chi connectivity index (χ2v) is 6.53. The molecule has 0 radical (unpaired) electrons. The van der Waals surface area contributed by atoms with Crippen molar-refractivity contribution in [2.24, 2.45) is 5.92 Å². The van der Waals surface area contributed by atoms with Gasteiger partial charge in [0.25, 0.3) is 10.0 Å². The van der Waals surface area contributed by atoms with Crippen molar-refractivity contribution >= 4 is 10.0 Å². The predicted octanol–water partition coefficient (Wildman–Crippen LogP) is 0.385. The lowest BCUT2D eigenvalue weighted by atomic mass is 9.94. The van der Waals surface area contributed by atoms with E-state index in [0.29, 0.717) is 11.7 Å². The molecule has 1 aliphatic rings. The summed E-state index contributed by atoms with van der Waals surface area (Å²) < 4.78 is 26.9. The van der Waals surface area contributed by atoms with Gasteiger partial charge in [-0.1, -0.05) is 0 Å². The molecule has 1 aromatic heterocycles. The first-order valence-corrected chi connectivity index (χ1v) is 7.72. The van der Waals surface area contributed by atoms with Gasteiger partial charge in [0.1, 0.15) is 5.82 Å². The number of nitrogens with zero attached hydrogens (tertiary/aromatic N) is 1. The molecular formula is C11H20N4O2S. The third-order valence-electron chi connectivity index (χ3n) is 3.35. The molecule has 3 N–H and O–H groups in total. The highest BCUT2D eigenvalue weighted by Gasteiger charge is 2.25. The number of rotatable bonds is 4. The monoisotopic (exact) mass is 272 g/mol. The van der Waals surface area contributed by atoms with Crippen LogP contribution in [0.25, 0.3) is 0 Å². The average molecular weight is 272 g/mol. The van der Waals surface area contributed by atoms with E-state index in [9.17, 15) is 8.42 Å². The van der Waals surface area contributed by atoms with Crippen molar-refractivity contribution in [3.8, 4) is 0 Å². The van der Waals surface area contributed by atoms with Crippen LogP contribution in [0.4, 0.5) is 0 Å². The van der Waals surface area contributed by atoms with E-state index < -0.39 is 10.0 Å². The third-order valence-corrected chi connectivity index (χ3v) is 4.82. The summed E-state index contributed by atoms with van der Waals surface area (Å²) in [5.74, 6) is 0.944. The molecule has 2 atom stereocenters. The number of H-pyrrole nitrogens is 1. The summed E-state index contributed by atoms with van der Waals surface area (Å²) in [7, 11) is -3.48. The summed E-state index contributed by atoms with van der Waals surface area (Å²) in [6.07, 6.45) is 3.50. The number of hydrogen-bond donors (Lipinski definition) is 3. The van der Waals surface area contributed by atoms with Crippen LogP contribution < -0.4 is 10.0 Å². The molecule has 6 nitrogen and oxygen atoms in total. The lowest BCUT2D eigenvalue weighted by molar-refractivity contribution is 0.320. The second kappa shape index (κ2) is 5.38. The Bertz CT molecular complexity index is 491. The number of piperidine rings is 1. The second-order valence-electron chi connectivity index (χ2n) is 4.85. The van der Waals surface area contributed by atoms with Crippen molar-refractivity contribution in [1.82, 2.24) is 20.0 Å². The molecule has 7 heteroatoms. The van der Waals surface area contributed by atoms with E-state index in [-0.39, 0.29) is 11.1 Å². The zero-order valence-corrected chi connectivity index (χ0v) is 11.5. The first-order chi connectivity index (χ1) is 8.49. The van der Waals surface area contributed by atoms with Crippen molar-refractivity contribution in [1.29, 1.82) is 0 Å². The van der Waals surface area contributed by atoms with E-state index in [1.807, 2.05) is 6.92 Å². The maximum Gasteiger partial charge on any atom is 0.257 e. The number of hydrogen-bond acceptors (Lipinski definition) is 4. The molecule has 1 aromatic rings. The van der Waals surface area contributed by atoms with Crippen LogP contribution in [-0.2, 0) is 10.0 Å². The molecular weight excluding hydrogens is 252 g/mol. The van der Waals surface area contributed by atoms with Crippen LogP contribution in [-0.4, -0.2) is 37.5 Å².